The molecule has 0 bridgehead atoms. The van der Waals surface area contributed by atoms with Crippen LogP contribution in [0.25, 0.3) is 44.2 Å². The van der Waals surface area contributed by atoms with Crippen LogP contribution in [-0.4, -0.2) is 0 Å². The summed E-state index contributed by atoms with van der Waals surface area (Å²) in [5, 5.41) is 2.58. The number of rotatable bonds is 6. The molecule has 1 unspecified atom stereocenters. The van der Waals surface area contributed by atoms with Crippen molar-refractivity contribution < 1.29 is 0 Å². The average molecular weight is 836 g/mol. The lowest BCUT2D eigenvalue weighted by Gasteiger charge is -2.50. The van der Waals surface area contributed by atoms with Crippen LogP contribution in [0.15, 0.2) is 246 Å². The van der Waals surface area contributed by atoms with E-state index < -0.39 is 5.41 Å². The summed E-state index contributed by atoms with van der Waals surface area (Å²) in [7, 11) is 0. The second-order valence-electron chi connectivity index (χ2n) is 17.6. The van der Waals surface area contributed by atoms with Crippen LogP contribution in [0.3, 0.4) is 0 Å². The summed E-state index contributed by atoms with van der Waals surface area (Å²) in [6.45, 7) is 4.82. The van der Waals surface area contributed by atoms with Crippen LogP contribution < -0.4 is 4.90 Å². The molecule has 1 nitrogen and oxygen atoms in total. The molecule has 0 saturated carbocycles. The first-order valence-corrected chi connectivity index (χ1v) is 23.1. The van der Waals surface area contributed by atoms with Crippen molar-refractivity contribution in [3.63, 3.8) is 0 Å². The fourth-order valence-electron chi connectivity index (χ4n) is 10.8. The number of anilines is 3. The Morgan fingerprint density at radius 3 is 1.61 bits per heavy atom. The summed E-state index contributed by atoms with van der Waals surface area (Å²) in [6.07, 6.45) is 0. The minimum Gasteiger partial charge on any atom is -0.310 e. The van der Waals surface area contributed by atoms with Gasteiger partial charge in [0.05, 0.1) is 11.1 Å². The third-order valence-corrected chi connectivity index (χ3v) is 15.0. The molecular weight excluding hydrogens is 791 g/mol. The van der Waals surface area contributed by atoms with Crippen LogP contribution in [0.5, 0.6) is 0 Å². The maximum Gasteiger partial charge on any atom is 0.0729 e. The summed E-state index contributed by atoms with van der Waals surface area (Å²) in [5.41, 5.74) is 18.0. The zero-order valence-electron chi connectivity index (χ0n) is 35.9. The molecular formula is C62H45NS. The molecule has 64 heavy (non-hydrogen) atoms. The predicted molar refractivity (Wildman–Crippen MR) is 269 cm³/mol. The Bertz CT molecular complexity index is 3370. The Balaban J connectivity index is 1.03. The summed E-state index contributed by atoms with van der Waals surface area (Å²) >= 11 is 1.92. The van der Waals surface area contributed by atoms with Gasteiger partial charge in [-0.25, -0.2) is 0 Å². The number of hydrogen-bond donors (Lipinski definition) is 0. The number of fused-ring (bicyclic) bond motifs is 10. The van der Waals surface area contributed by atoms with E-state index in [0.717, 1.165) is 17.1 Å². The molecule has 0 radical (unpaired) electrons. The van der Waals surface area contributed by atoms with E-state index >= 15 is 0 Å². The van der Waals surface area contributed by atoms with Gasteiger partial charge in [0.2, 0.25) is 0 Å². The second kappa shape index (κ2) is 15.2. The van der Waals surface area contributed by atoms with E-state index in [9.17, 15) is 0 Å². The maximum atomic E-state index is 2.53. The highest BCUT2D eigenvalue weighted by molar-refractivity contribution is 7.99. The molecule has 304 valence electrons. The first-order valence-electron chi connectivity index (χ1n) is 22.3. The molecule has 2 heteroatoms. The molecule has 1 atom stereocenters. The third kappa shape index (κ3) is 5.94. The van der Waals surface area contributed by atoms with Gasteiger partial charge in [-0.15, -0.1) is 0 Å². The molecule has 0 N–H and O–H groups in total. The van der Waals surface area contributed by atoms with Crippen molar-refractivity contribution >= 4 is 39.6 Å². The largest absolute Gasteiger partial charge is 0.310 e. The topological polar surface area (TPSA) is 3.24 Å². The van der Waals surface area contributed by atoms with Crippen molar-refractivity contribution in [1.82, 2.24) is 0 Å². The maximum absolute atomic E-state index is 2.53. The van der Waals surface area contributed by atoms with E-state index in [2.05, 4.69) is 255 Å². The second-order valence-corrected chi connectivity index (χ2v) is 18.7. The van der Waals surface area contributed by atoms with E-state index in [1.54, 1.807) is 0 Å². The lowest BCUT2D eigenvalue weighted by Crippen LogP contribution is -2.43. The Morgan fingerprint density at radius 1 is 0.359 bits per heavy atom. The van der Waals surface area contributed by atoms with Crippen LogP contribution in [0.1, 0.15) is 47.2 Å². The van der Waals surface area contributed by atoms with Gasteiger partial charge in [0.25, 0.3) is 0 Å². The van der Waals surface area contributed by atoms with Crippen molar-refractivity contribution in [2.45, 2.75) is 34.5 Å². The fourth-order valence-corrected chi connectivity index (χ4v) is 12.1. The van der Waals surface area contributed by atoms with Gasteiger partial charge in [0.1, 0.15) is 0 Å². The van der Waals surface area contributed by atoms with Gasteiger partial charge in [-0.05, 0) is 114 Å². The van der Waals surface area contributed by atoms with Crippen molar-refractivity contribution in [3.05, 3.63) is 270 Å². The summed E-state index contributed by atoms with van der Waals surface area (Å²) < 4.78 is 0. The number of benzene rings is 10. The highest BCUT2D eigenvalue weighted by atomic mass is 32.2. The fraction of sp³-hybridized carbons (Fsp3) is 0.0645. The summed E-state index contributed by atoms with van der Waals surface area (Å²) in [5.74, 6) is 0. The standard InChI is InChI=1S/C62H45NS/c1-61(2)52-24-12-13-25-54(52)62(55-26-14-16-28-59(55)64-60-51-23-10-9-21-46(51)33-40-56(60)62)57-41-47(34-39-53(57)61)44-31-37-49(38-32-44)63(48-35-29-43(30-36-48)42-17-5-3-6-18-42)58-27-15-11-22-50(58)45-19-7-4-8-20-45/h3-41H,1-2H3. The van der Waals surface area contributed by atoms with Gasteiger partial charge in [0.15, 0.2) is 0 Å². The first kappa shape index (κ1) is 38.3. The molecule has 0 amide bonds. The Labute approximate surface area is 380 Å². The average Bonchev–Trinajstić information content (AvgIpc) is 3.36. The van der Waals surface area contributed by atoms with E-state index in [1.165, 1.54) is 87.3 Å². The van der Waals surface area contributed by atoms with Gasteiger partial charge >= 0.3 is 0 Å². The number of nitrogens with zero attached hydrogens (tertiary/aromatic N) is 1. The summed E-state index contributed by atoms with van der Waals surface area (Å²) in [4.78, 5) is 5.06. The smallest absolute Gasteiger partial charge is 0.0729 e. The normalized spacial score (nSPS) is 15.5. The molecule has 0 fully saturated rings. The molecule has 1 spiro atoms. The van der Waals surface area contributed by atoms with Gasteiger partial charge in [-0.3, -0.25) is 0 Å². The number of hydrogen-bond acceptors (Lipinski definition) is 2. The zero-order chi connectivity index (χ0) is 42.8. The summed E-state index contributed by atoms with van der Waals surface area (Å²) in [6, 6.07) is 87.6. The minimum atomic E-state index is -0.511. The quantitative estimate of drug-likeness (QED) is 0.164. The van der Waals surface area contributed by atoms with E-state index in [1.807, 2.05) is 11.8 Å². The predicted octanol–water partition coefficient (Wildman–Crippen LogP) is 16.8. The van der Waals surface area contributed by atoms with E-state index in [-0.39, 0.29) is 5.41 Å². The molecule has 10 aromatic carbocycles. The third-order valence-electron chi connectivity index (χ3n) is 13.8. The van der Waals surface area contributed by atoms with Gasteiger partial charge in [-0.1, -0.05) is 220 Å². The van der Waals surface area contributed by atoms with E-state index in [0.29, 0.717) is 0 Å². The van der Waals surface area contributed by atoms with Crippen LogP contribution in [0.2, 0.25) is 0 Å². The number of para-hydroxylation sites is 1. The van der Waals surface area contributed by atoms with Crippen molar-refractivity contribution in [2.24, 2.45) is 0 Å². The highest BCUT2D eigenvalue weighted by Crippen LogP contribution is 2.62. The van der Waals surface area contributed by atoms with Crippen molar-refractivity contribution in [2.75, 3.05) is 4.90 Å². The minimum absolute atomic E-state index is 0.210. The van der Waals surface area contributed by atoms with Crippen molar-refractivity contribution in [3.8, 4) is 33.4 Å². The lowest BCUT2D eigenvalue weighted by molar-refractivity contribution is 0.550. The molecule has 1 aliphatic carbocycles. The van der Waals surface area contributed by atoms with Crippen LogP contribution in [0.4, 0.5) is 17.1 Å². The van der Waals surface area contributed by atoms with Gasteiger partial charge in [0, 0.05) is 32.1 Å². The SMILES string of the molecule is CC1(C)c2ccccc2C2(c3ccccc3Sc3c2ccc2ccccc32)c2cc(-c3ccc(N(c4ccc(-c5ccccc5)cc4)c4ccccc4-c4ccccc4)cc3)ccc21. The molecule has 0 saturated heterocycles. The Hall–Kier alpha value is -7.39. The van der Waals surface area contributed by atoms with Crippen molar-refractivity contribution in [1.29, 1.82) is 0 Å². The lowest BCUT2D eigenvalue weighted by atomic mass is 9.54. The first-order chi connectivity index (χ1) is 31.5. The van der Waals surface area contributed by atoms with E-state index in [4.69, 9.17) is 0 Å². The molecule has 10 aromatic rings. The van der Waals surface area contributed by atoms with Crippen LogP contribution in [0, 0.1) is 0 Å². The molecule has 1 aliphatic heterocycles. The zero-order valence-corrected chi connectivity index (χ0v) is 36.7. The molecule has 0 aromatic heterocycles. The molecule has 12 rings (SSSR count). The Morgan fingerprint density at radius 2 is 0.875 bits per heavy atom. The van der Waals surface area contributed by atoms with Crippen LogP contribution in [-0.2, 0) is 10.8 Å². The van der Waals surface area contributed by atoms with Gasteiger partial charge in [-0.2, -0.15) is 0 Å². The molecule has 1 heterocycles. The highest BCUT2D eigenvalue weighted by Gasteiger charge is 2.52. The molecule has 2 aliphatic rings. The Kier molecular flexibility index (Phi) is 9.07. The van der Waals surface area contributed by atoms with Gasteiger partial charge < -0.3 is 4.90 Å². The van der Waals surface area contributed by atoms with Crippen LogP contribution >= 0.6 is 11.8 Å². The monoisotopic (exact) mass is 835 g/mol.